The van der Waals surface area contributed by atoms with Gasteiger partial charge in [0.15, 0.2) is 0 Å². The van der Waals surface area contributed by atoms with Gasteiger partial charge in [0.1, 0.15) is 12.4 Å². The lowest BCUT2D eigenvalue weighted by Crippen LogP contribution is -2.16. The average molecular weight is 582 g/mol. The standard InChI is InChI=1S/C35H32FNO4S/c1-3-31-30(23-27-15-11-12-18-32(27)42(39,40)29-16-9-6-10-17-29)34(25-19-21-28(36)22-20-25)35(26-13-7-5-8-14-26)37(31)24-33(38)41-4-2/h5-22H,3-4,23-24H2,1-2H3. The lowest BCUT2D eigenvalue weighted by molar-refractivity contribution is -0.143. The summed E-state index contributed by atoms with van der Waals surface area (Å²) < 4.78 is 49.0. The maximum Gasteiger partial charge on any atom is 0.325 e. The van der Waals surface area contributed by atoms with Crippen LogP contribution in [0.1, 0.15) is 30.7 Å². The van der Waals surface area contributed by atoms with Crippen molar-refractivity contribution in [1.29, 1.82) is 0 Å². The minimum absolute atomic E-state index is 0.0145. The Morgan fingerprint density at radius 1 is 0.786 bits per heavy atom. The summed E-state index contributed by atoms with van der Waals surface area (Å²) in [6, 6.07) is 31.4. The van der Waals surface area contributed by atoms with Gasteiger partial charge in [-0.25, -0.2) is 12.8 Å². The smallest absolute Gasteiger partial charge is 0.325 e. The molecule has 0 aliphatic heterocycles. The van der Waals surface area contributed by atoms with E-state index in [9.17, 15) is 17.6 Å². The molecule has 5 rings (SSSR count). The van der Waals surface area contributed by atoms with Crippen molar-refractivity contribution in [3.63, 3.8) is 0 Å². The minimum Gasteiger partial charge on any atom is -0.465 e. The second-order valence-corrected chi connectivity index (χ2v) is 11.8. The van der Waals surface area contributed by atoms with E-state index >= 15 is 0 Å². The van der Waals surface area contributed by atoms with Crippen molar-refractivity contribution < 1.29 is 22.3 Å². The summed E-state index contributed by atoms with van der Waals surface area (Å²) in [5.41, 5.74) is 5.67. The van der Waals surface area contributed by atoms with Crippen molar-refractivity contribution in [2.24, 2.45) is 0 Å². The number of esters is 1. The Morgan fingerprint density at radius 3 is 2.05 bits per heavy atom. The van der Waals surface area contributed by atoms with Crippen molar-refractivity contribution in [2.75, 3.05) is 6.61 Å². The van der Waals surface area contributed by atoms with E-state index in [0.717, 1.165) is 33.6 Å². The summed E-state index contributed by atoms with van der Waals surface area (Å²) in [5, 5.41) is 0. The molecule has 1 aromatic heterocycles. The lowest BCUT2D eigenvalue weighted by atomic mass is 9.93. The summed E-state index contributed by atoms with van der Waals surface area (Å²) in [6.07, 6.45) is 0.858. The summed E-state index contributed by atoms with van der Waals surface area (Å²) >= 11 is 0. The van der Waals surface area contributed by atoms with Crippen LogP contribution in [0.3, 0.4) is 0 Å². The zero-order valence-electron chi connectivity index (χ0n) is 23.6. The van der Waals surface area contributed by atoms with Crippen molar-refractivity contribution >= 4 is 15.8 Å². The topological polar surface area (TPSA) is 65.4 Å². The van der Waals surface area contributed by atoms with Crippen molar-refractivity contribution in [3.8, 4) is 22.4 Å². The monoisotopic (exact) mass is 581 g/mol. The second-order valence-electron chi connectivity index (χ2n) is 9.87. The van der Waals surface area contributed by atoms with Crippen LogP contribution < -0.4 is 0 Å². The zero-order valence-corrected chi connectivity index (χ0v) is 24.4. The summed E-state index contributed by atoms with van der Waals surface area (Å²) in [6.45, 7) is 4.02. The number of sulfone groups is 1. The molecule has 0 bridgehead atoms. The van der Waals surface area contributed by atoms with Crippen LogP contribution in [0.25, 0.3) is 22.4 Å². The summed E-state index contributed by atoms with van der Waals surface area (Å²) in [7, 11) is -3.80. The third-order valence-electron chi connectivity index (χ3n) is 7.27. The first-order valence-corrected chi connectivity index (χ1v) is 15.4. The normalized spacial score (nSPS) is 11.4. The number of carbonyl (C=O) groups is 1. The molecule has 0 atom stereocenters. The van der Waals surface area contributed by atoms with Gasteiger partial charge in [-0.05, 0) is 65.9 Å². The van der Waals surface area contributed by atoms with Crippen LogP contribution in [-0.4, -0.2) is 25.6 Å². The number of benzene rings is 4. The molecule has 5 nitrogen and oxygen atoms in total. The highest BCUT2D eigenvalue weighted by Crippen LogP contribution is 2.42. The Labute approximate surface area is 246 Å². The maximum atomic E-state index is 14.1. The molecule has 0 aliphatic carbocycles. The van der Waals surface area contributed by atoms with Gasteiger partial charge in [0, 0.05) is 17.7 Å². The Bertz CT molecular complexity index is 1800. The number of carbonyl (C=O) groups excluding carboxylic acids is 1. The largest absolute Gasteiger partial charge is 0.465 e. The molecule has 0 saturated heterocycles. The van der Waals surface area contributed by atoms with Gasteiger partial charge in [-0.2, -0.15) is 0 Å². The Hall–Kier alpha value is -4.49. The fourth-order valence-electron chi connectivity index (χ4n) is 5.48. The van der Waals surface area contributed by atoms with Crippen molar-refractivity contribution in [1.82, 2.24) is 4.57 Å². The van der Waals surface area contributed by atoms with Crippen LogP contribution in [0.15, 0.2) is 119 Å². The SMILES string of the molecule is CCOC(=O)Cn1c(CC)c(Cc2ccccc2S(=O)(=O)c2ccccc2)c(-c2ccc(F)cc2)c1-c1ccccc1. The van der Waals surface area contributed by atoms with Crippen LogP contribution in [0.4, 0.5) is 4.39 Å². The Kier molecular flexibility index (Phi) is 8.69. The minimum atomic E-state index is -3.80. The van der Waals surface area contributed by atoms with Gasteiger partial charge < -0.3 is 9.30 Å². The molecular weight excluding hydrogens is 549 g/mol. The number of halogens is 1. The van der Waals surface area contributed by atoms with E-state index in [2.05, 4.69) is 0 Å². The molecule has 0 spiro atoms. The highest BCUT2D eigenvalue weighted by Gasteiger charge is 2.28. The summed E-state index contributed by atoms with van der Waals surface area (Å²) in [5.74, 6) is -0.730. The number of ether oxygens (including phenoxy) is 1. The molecule has 0 unspecified atom stereocenters. The van der Waals surface area contributed by atoms with Crippen LogP contribution in [-0.2, 0) is 38.8 Å². The molecule has 0 amide bonds. The van der Waals surface area contributed by atoms with Gasteiger partial charge >= 0.3 is 5.97 Å². The predicted octanol–water partition coefficient (Wildman–Crippen LogP) is 7.51. The average Bonchev–Trinajstić information content (AvgIpc) is 3.30. The van der Waals surface area contributed by atoms with Crippen LogP contribution in [0.2, 0.25) is 0 Å². The second kappa shape index (κ2) is 12.6. The van der Waals surface area contributed by atoms with Gasteiger partial charge in [0.05, 0.1) is 22.1 Å². The van der Waals surface area contributed by atoms with Gasteiger partial charge in [-0.15, -0.1) is 0 Å². The highest BCUT2D eigenvalue weighted by molar-refractivity contribution is 7.91. The van der Waals surface area contributed by atoms with E-state index < -0.39 is 9.84 Å². The molecule has 214 valence electrons. The van der Waals surface area contributed by atoms with Gasteiger partial charge in [-0.3, -0.25) is 4.79 Å². The fourth-order valence-corrected chi connectivity index (χ4v) is 6.99. The van der Waals surface area contributed by atoms with Crippen LogP contribution in [0.5, 0.6) is 0 Å². The van der Waals surface area contributed by atoms with Crippen LogP contribution in [0, 0.1) is 5.82 Å². The summed E-state index contributed by atoms with van der Waals surface area (Å²) in [4.78, 5) is 13.3. The zero-order chi connectivity index (χ0) is 29.7. The molecule has 0 saturated carbocycles. The lowest BCUT2D eigenvalue weighted by Gasteiger charge is -2.14. The number of aromatic nitrogens is 1. The molecule has 0 N–H and O–H groups in total. The van der Waals surface area contributed by atoms with Gasteiger partial charge in [-0.1, -0.05) is 85.8 Å². The highest BCUT2D eigenvalue weighted by atomic mass is 32.2. The third kappa shape index (κ3) is 5.78. The number of rotatable bonds is 10. The van der Waals surface area contributed by atoms with E-state index in [1.54, 1.807) is 61.5 Å². The molecule has 0 aliphatic rings. The molecule has 0 radical (unpaired) electrons. The van der Waals surface area contributed by atoms with Crippen LogP contribution >= 0.6 is 0 Å². The molecule has 1 heterocycles. The molecule has 4 aromatic carbocycles. The Morgan fingerprint density at radius 2 is 1.40 bits per heavy atom. The van der Waals surface area contributed by atoms with Crippen molar-refractivity contribution in [3.05, 3.63) is 132 Å². The van der Waals surface area contributed by atoms with Gasteiger partial charge in [0.2, 0.25) is 9.84 Å². The van der Waals surface area contributed by atoms with E-state index in [0.29, 0.717) is 12.0 Å². The van der Waals surface area contributed by atoms with Crippen molar-refractivity contribution in [2.45, 2.75) is 43.0 Å². The van der Waals surface area contributed by atoms with Gasteiger partial charge in [0.25, 0.3) is 0 Å². The predicted molar refractivity (Wildman–Crippen MR) is 162 cm³/mol. The van der Waals surface area contributed by atoms with E-state index in [1.165, 1.54) is 12.1 Å². The first-order chi connectivity index (χ1) is 20.3. The number of nitrogens with zero attached hydrogens (tertiary/aromatic N) is 1. The number of hydrogen-bond donors (Lipinski definition) is 0. The Balaban J connectivity index is 1.79. The quantitative estimate of drug-likeness (QED) is 0.160. The maximum absolute atomic E-state index is 14.1. The third-order valence-corrected chi connectivity index (χ3v) is 9.14. The molecule has 7 heteroatoms. The first kappa shape index (κ1) is 29.0. The van der Waals surface area contributed by atoms with E-state index in [-0.39, 0.29) is 41.1 Å². The number of hydrogen-bond acceptors (Lipinski definition) is 4. The first-order valence-electron chi connectivity index (χ1n) is 13.9. The molecular formula is C35H32FNO4S. The molecule has 42 heavy (non-hydrogen) atoms. The fraction of sp³-hybridized carbons (Fsp3) is 0.171. The van der Waals surface area contributed by atoms with E-state index in [4.69, 9.17) is 4.74 Å². The molecule has 0 fully saturated rings. The molecule has 5 aromatic rings. The van der Waals surface area contributed by atoms with E-state index in [1.807, 2.05) is 54.0 Å².